The lowest BCUT2D eigenvalue weighted by molar-refractivity contribution is -0.116. The lowest BCUT2D eigenvalue weighted by atomic mass is 10.2. The van der Waals surface area contributed by atoms with Crippen LogP contribution in [-0.4, -0.2) is 29.6 Å². The van der Waals surface area contributed by atoms with Gasteiger partial charge in [-0.25, -0.2) is 4.98 Å². The summed E-state index contributed by atoms with van der Waals surface area (Å²) in [6.45, 7) is 3.18. The van der Waals surface area contributed by atoms with E-state index in [4.69, 9.17) is 0 Å². The Morgan fingerprint density at radius 1 is 1.36 bits per heavy atom. The van der Waals surface area contributed by atoms with Crippen LogP contribution in [0.2, 0.25) is 0 Å². The molecule has 2 heterocycles. The van der Waals surface area contributed by atoms with E-state index in [9.17, 15) is 14.4 Å². The quantitative estimate of drug-likeness (QED) is 0.654. The van der Waals surface area contributed by atoms with Gasteiger partial charge in [0.05, 0.1) is 17.1 Å². The number of aromatic nitrogens is 1. The van der Waals surface area contributed by atoms with E-state index in [2.05, 4.69) is 16.9 Å². The van der Waals surface area contributed by atoms with Crippen molar-refractivity contribution >= 4 is 40.3 Å². The maximum absolute atomic E-state index is 12.4. The molecule has 0 aromatic carbocycles. The standard InChI is InChI=1S/C15H13N3O3S/c1-2-13(20)18(8-9-19)14-11(5-3-7-16-14)15(21)17-12-6-4-10-22-12/h2-7,9-10H,1,8H2,(H,17,21). The SMILES string of the molecule is C=CC(=O)N(CC=O)c1ncccc1C(=O)Nc1cccs1. The first-order valence-corrected chi connectivity index (χ1v) is 7.22. The van der Waals surface area contributed by atoms with Gasteiger partial charge in [-0.2, -0.15) is 0 Å². The van der Waals surface area contributed by atoms with Gasteiger partial charge in [0.25, 0.3) is 11.8 Å². The van der Waals surface area contributed by atoms with Gasteiger partial charge in [0.15, 0.2) is 0 Å². The number of hydrogen-bond acceptors (Lipinski definition) is 5. The number of anilines is 2. The molecule has 112 valence electrons. The topological polar surface area (TPSA) is 79.4 Å². The number of carbonyl (C=O) groups excluding carboxylic acids is 3. The Balaban J connectivity index is 2.36. The largest absolute Gasteiger partial charge is 0.313 e. The Kier molecular flexibility index (Phi) is 5.16. The molecule has 2 rings (SSSR count). The molecule has 1 N–H and O–H groups in total. The molecular weight excluding hydrogens is 302 g/mol. The van der Waals surface area contributed by atoms with Crippen molar-refractivity contribution in [1.29, 1.82) is 0 Å². The van der Waals surface area contributed by atoms with Crippen LogP contribution in [0.1, 0.15) is 10.4 Å². The number of aldehydes is 1. The monoisotopic (exact) mass is 315 g/mol. The average molecular weight is 315 g/mol. The van der Waals surface area contributed by atoms with Crippen molar-refractivity contribution in [1.82, 2.24) is 4.98 Å². The molecule has 7 heteroatoms. The molecule has 0 radical (unpaired) electrons. The number of rotatable bonds is 6. The fourth-order valence-electron chi connectivity index (χ4n) is 1.78. The van der Waals surface area contributed by atoms with Gasteiger partial charge in [0, 0.05) is 6.20 Å². The van der Waals surface area contributed by atoms with Crippen LogP contribution in [0.5, 0.6) is 0 Å². The number of nitrogens with one attached hydrogen (secondary N) is 1. The summed E-state index contributed by atoms with van der Waals surface area (Å²) in [6.07, 6.45) is 3.08. The Morgan fingerprint density at radius 2 is 2.18 bits per heavy atom. The maximum atomic E-state index is 12.4. The lowest BCUT2D eigenvalue weighted by Gasteiger charge is -2.19. The van der Waals surface area contributed by atoms with Crippen molar-refractivity contribution in [3.05, 3.63) is 54.1 Å². The number of amides is 2. The minimum absolute atomic E-state index is 0.119. The third-order valence-electron chi connectivity index (χ3n) is 2.74. The van der Waals surface area contributed by atoms with Crippen LogP contribution in [0.3, 0.4) is 0 Å². The maximum Gasteiger partial charge on any atom is 0.260 e. The number of nitrogens with zero attached hydrogens (tertiary/aromatic N) is 2. The Labute approximate surface area is 131 Å². The number of thiophene rings is 1. The van der Waals surface area contributed by atoms with Gasteiger partial charge in [0.2, 0.25) is 0 Å². The summed E-state index contributed by atoms with van der Waals surface area (Å²) in [5, 5.41) is 5.23. The van der Waals surface area contributed by atoms with E-state index in [1.807, 2.05) is 11.4 Å². The number of pyridine rings is 1. The van der Waals surface area contributed by atoms with E-state index in [1.54, 1.807) is 18.2 Å². The zero-order valence-corrected chi connectivity index (χ0v) is 12.4. The zero-order chi connectivity index (χ0) is 15.9. The predicted molar refractivity (Wildman–Crippen MR) is 85.1 cm³/mol. The molecule has 2 aromatic rings. The molecule has 0 saturated heterocycles. The Bertz CT molecular complexity index is 698. The normalized spacial score (nSPS) is 9.82. The van der Waals surface area contributed by atoms with Crippen LogP contribution in [0.4, 0.5) is 10.8 Å². The third-order valence-corrected chi connectivity index (χ3v) is 3.53. The van der Waals surface area contributed by atoms with E-state index in [1.165, 1.54) is 17.5 Å². The fourth-order valence-corrected chi connectivity index (χ4v) is 2.40. The second-order valence-corrected chi connectivity index (χ2v) is 5.07. The summed E-state index contributed by atoms with van der Waals surface area (Å²) < 4.78 is 0. The van der Waals surface area contributed by atoms with E-state index in [-0.39, 0.29) is 17.9 Å². The Morgan fingerprint density at radius 3 is 2.82 bits per heavy atom. The first-order valence-electron chi connectivity index (χ1n) is 6.34. The highest BCUT2D eigenvalue weighted by molar-refractivity contribution is 7.14. The smallest absolute Gasteiger partial charge is 0.260 e. The molecule has 0 unspecified atom stereocenters. The molecule has 0 saturated carbocycles. The fraction of sp³-hybridized carbons (Fsp3) is 0.0667. The predicted octanol–water partition coefficient (Wildman–Crippen LogP) is 2.11. The molecule has 0 aliphatic rings. The highest BCUT2D eigenvalue weighted by atomic mass is 32.1. The second-order valence-electron chi connectivity index (χ2n) is 4.13. The average Bonchev–Trinajstić information content (AvgIpc) is 3.05. The summed E-state index contributed by atoms with van der Waals surface area (Å²) in [5.74, 6) is -0.789. The molecule has 22 heavy (non-hydrogen) atoms. The first kappa shape index (κ1) is 15.6. The van der Waals surface area contributed by atoms with E-state index >= 15 is 0 Å². The van der Waals surface area contributed by atoms with Crippen LogP contribution in [0.15, 0.2) is 48.5 Å². The molecule has 0 spiro atoms. The summed E-state index contributed by atoms with van der Waals surface area (Å²) >= 11 is 1.38. The van der Waals surface area contributed by atoms with Crippen molar-refractivity contribution in [2.75, 3.05) is 16.8 Å². The van der Waals surface area contributed by atoms with Gasteiger partial charge in [-0.15, -0.1) is 11.3 Å². The highest BCUT2D eigenvalue weighted by Gasteiger charge is 2.21. The summed E-state index contributed by atoms with van der Waals surface area (Å²) in [5.41, 5.74) is 0.202. The molecule has 2 aromatic heterocycles. The van der Waals surface area contributed by atoms with Gasteiger partial charge < -0.3 is 10.1 Å². The zero-order valence-electron chi connectivity index (χ0n) is 11.6. The van der Waals surface area contributed by atoms with E-state index in [0.29, 0.717) is 11.3 Å². The lowest BCUT2D eigenvalue weighted by Crippen LogP contribution is -2.33. The van der Waals surface area contributed by atoms with Gasteiger partial charge in [-0.05, 0) is 35.7 Å². The summed E-state index contributed by atoms with van der Waals surface area (Å²) in [7, 11) is 0. The number of carbonyl (C=O) groups is 3. The molecule has 2 amide bonds. The van der Waals surface area contributed by atoms with Crippen LogP contribution in [0.25, 0.3) is 0 Å². The van der Waals surface area contributed by atoms with Crippen molar-refractivity contribution in [3.63, 3.8) is 0 Å². The second kappa shape index (κ2) is 7.28. The van der Waals surface area contributed by atoms with E-state index in [0.717, 1.165) is 11.0 Å². The molecule has 0 aliphatic carbocycles. The molecule has 0 bridgehead atoms. The van der Waals surface area contributed by atoms with Gasteiger partial charge >= 0.3 is 0 Å². The highest BCUT2D eigenvalue weighted by Crippen LogP contribution is 2.21. The minimum atomic E-state index is -0.504. The minimum Gasteiger partial charge on any atom is -0.313 e. The van der Waals surface area contributed by atoms with Gasteiger partial charge in [-0.3, -0.25) is 14.5 Å². The van der Waals surface area contributed by atoms with Crippen LogP contribution >= 0.6 is 11.3 Å². The molecule has 0 atom stereocenters. The van der Waals surface area contributed by atoms with Crippen molar-refractivity contribution in [2.24, 2.45) is 0 Å². The number of hydrogen-bond donors (Lipinski definition) is 1. The Hall–Kier alpha value is -2.80. The van der Waals surface area contributed by atoms with Crippen LogP contribution in [-0.2, 0) is 9.59 Å². The summed E-state index contributed by atoms with van der Waals surface area (Å²) in [6, 6.07) is 6.70. The molecular formula is C15H13N3O3S. The van der Waals surface area contributed by atoms with Gasteiger partial charge in [0.1, 0.15) is 12.1 Å². The van der Waals surface area contributed by atoms with Crippen molar-refractivity contribution < 1.29 is 14.4 Å². The van der Waals surface area contributed by atoms with Crippen molar-refractivity contribution in [2.45, 2.75) is 0 Å². The van der Waals surface area contributed by atoms with Crippen LogP contribution in [0, 0.1) is 0 Å². The van der Waals surface area contributed by atoms with Gasteiger partial charge in [-0.1, -0.05) is 6.58 Å². The van der Waals surface area contributed by atoms with Crippen LogP contribution < -0.4 is 10.2 Å². The molecule has 0 aliphatic heterocycles. The third kappa shape index (κ3) is 3.44. The van der Waals surface area contributed by atoms with E-state index < -0.39 is 11.8 Å². The van der Waals surface area contributed by atoms with Crippen molar-refractivity contribution in [3.8, 4) is 0 Å². The summed E-state index contributed by atoms with van der Waals surface area (Å²) in [4.78, 5) is 40.2. The first-order chi connectivity index (χ1) is 10.7. The molecule has 0 fully saturated rings. The molecule has 6 nitrogen and oxygen atoms in total.